The minimum Gasteiger partial charge on any atom is -0.311 e. The number of hydrogen-bond donors (Lipinski definition) is 1. The number of nitrogens with one attached hydrogen (secondary N) is 1. The first kappa shape index (κ1) is 11.7. The molecule has 2 heterocycles. The van der Waals surface area contributed by atoms with Gasteiger partial charge in [0.1, 0.15) is 0 Å². The van der Waals surface area contributed by atoms with Gasteiger partial charge in [0.25, 0.3) is 0 Å². The molecule has 2 bridgehead atoms. The Morgan fingerprint density at radius 2 is 1.93 bits per heavy atom. The maximum absolute atomic E-state index is 3.72. The molecule has 0 aliphatic carbocycles. The fraction of sp³-hybridized carbons (Fsp3) is 1.00. The van der Waals surface area contributed by atoms with E-state index in [1.54, 1.807) is 0 Å². The summed E-state index contributed by atoms with van der Waals surface area (Å²) < 4.78 is 0. The SMILES string of the molecule is CCN(CCSC)C1CC2CCC(C1)N2. The molecule has 15 heavy (non-hydrogen) atoms. The van der Waals surface area contributed by atoms with E-state index >= 15 is 0 Å². The number of rotatable bonds is 5. The van der Waals surface area contributed by atoms with Gasteiger partial charge in [0, 0.05) is 30.4 Å². The van der Waals surface area contributed by atoms with Gasteiger partial charge in [0.15, 0.2) is 0 Å². The second-order valence-electron chi connectivity index (χ2n) is 4.88. The lowest BCUT2D eigenvalue weighted by atomic mass is 9.98. The Morgan fingerprint density at radius 3 is 2.47 bits per heavy atom. The third-order valence-corrected chi connectivity index (χ3v) is 4.54. The van der Waals surface area contributed by atoms with E-state index in [2.05, 4.69) is 23.4 Å². The molecule has 2 rings (SSSR count). The van der Waals surface area contributed by atoms with Gasteiger partial charge in [0.05, 0.1) is 0 Å². The fourth-order valence-electron chi connectivity index (χ4n) is 3.13. The quantitative estimate of drug-likeness (QED) is 0.774. The highest BCUT2D eigenvalue weighted by atomic mass is 32.2. The van der Waals surface area contributed by atoms with Crippen molar-refractivity contribution in [3.63, 3.8) is 0 Å². The zero-order valence-corrected chi connectivity index (χ0v) is 10.9. The van der Waals surface area contributed by atoms with Gasteiger partial charge in [-0.2, -0.15) is 11.8 Å². The van der Waals surface area contributed by atoms with E-state index in [0.29, 0.717) is 0 Å². The van der Waals surface area contributed by atoms with Gasteiger partial charge in [-0.25, -0.2) is 0 Å². The summed E-state index contributed by atoms with van der Waals surface area (Å²) in [6.07, 6.45) is 7.82. The van der Waals surface area contributed by atoms with Crippen molar-refractivity contribution in [2.45, 2.75) is 50.7 Å². The molecule has 2 saturated heterocycles. The van der Waals surface area contributed by atoms with E-state index in [4.69, 9.17) is 0 Å². The fourth-order valence-corrected chi connectivity index (χ4v) is 3.55. The Bertz CT molecular complexity index is 186. The number of fused-ring (bicyclic) bond motifs is 2. The lowest BCUT2D eigenvalue weighted by molar-refractivity contribution is 0.156. The zero-order valence-electron chi connectivity index (χ0n) is 10.0. The highest BCUT2D eigenvalue weighted by Gasteiger charge is 2.35. The van der Waals surface area contributed by atoms with Gasteiger partial charge in [-0.1, -0.05) is 6.92 Å². The molecule has 0 aromatic heterocycles. The molecule has 1 N–H and O–H groups in total. The molecule has 0 saturated carbocycles. The van der Waals surface area contributed by atoms with E-state index < -0.39 is 0 Å². The van der Waals surface area contributed by atoms with Crippen molar-refractivity contribution < 1.29 is 0 Å². The van der Waals surface area contributed by atoms with Crippen LogP contribution >= 0.6 is 11.8 Å². The number of piperidine rings is 1. The normalized spacial score (nSPS) is 35.0. The van der Waals surface area contributed by atoms with Crippen molar-refractivity contribution in [1.82, 2.24) is 10.2 Å². The Kier molecular flexibility index (Phi) is 4.35. The second-order valence-corrected chi connectivity index (χ2v) is 5.87. The summed E-state index contributed by atoms with van der Waals surface area (Å²) in [5.41, 5.74) is 0. The first-order valence-corrected chi connectivity index (χ1v) is 7.72. The Hall–Kier alpha value is 0.270. The molecular weight excluding hydrogens is 204 g/mol. The highest BCUT2D eigenvalue weighted by molar-refractivity contribution is 7.98. The predicted octanol–water partition coefficient (Wildman–Crippen LogP) is 1.95. The molecule has 0 aromatic carbocycles. The van der Waals surface area contributed by atoms with Gasteiger partial charge in [-0.3, -0.25) is 4.90 Å². The van der Waals surface area contributed by atoms with Crippen LogP contribution < -0.4 is 5.32 Å². The highest BCUT2D eigenvalue weighted by Crippen LogP contribution is 2.29. The topological polar surface area (TPSA) is 15.3 Å². The molecule has 0 spiro atoms. The monoisotopic (exact) mass is 228 g/mol. The molecule has 2 aliphatic heterocycles. The summed E-state index contributed by atoms with van der Waals surface area (Å²) in [6.45, 7) is 4.82. The minimum absolute atomic E-state index is 0.831. The van der Waals surface area contributed by atoms with Crippen LogP contribution in [0.2, 0.25) is 0 Å². The maximum atomic E-state index is 3.72. The van der Waals surface area contributed by atoms with Crippen molar-refractivity contribution >= 4 is 11.8 Å². The summed E-state index contributed by atoms with van der Waals surface area (Å²) in [6, 6.07) is 2.52. The summed E-state index contributed by atoms with van der Waals surface area (Å²) in [5, 5.41) is 3.72. The summed E-state index contributed by atoms with van der Waals surface area (Å²) in [5.74, 6) is 1.28. The predicted molar refractivity (Wildman–Crippen MR) is 68.6 cm³/mol. The number of nitrogens with zero attached hydrogens (tertiary/aromatic N) is 1. The van der Waals surface area contributed by atoms with Crippen LogP contribution in [-0.4, -0.2) is 48.1 Å². The van der Waals surface area contributed by atoms with Crippen molar-refractivity contribution in [3.8, 4) is 0 Å². The van der Waals surface area contributed by atoms with Crippen LogP contribution in [0, 0.1) is 0 Å². The van der Waals surface area contributed by atoms with E-state index in [1.165, 1.54) is 44.5 Å². The molecule has 2 fully saturated rings. The van der Waals surface area contributed by atoms with Gasteiger partial charge < -0.3 is 5.32 Å². The first-order chi connectivity index (χ1) is 7.33. The Morgan fingerprint density at radius 1 is 1.27 bits per heavy atom. The van der Waals surface area contributed by atoms with Crippen molar-refractivity contribution in [3.05, 3.63) is 0 Å². The van der Waals surface area contributed by atoms with Crippen LogP contribution in [0.1, 0.15) is 32.6 Å². The van der Waals surface area contributed by atoms with E-state index in [-0.39, 0.29) is 0 Å². The first-order valence-electron chi connectivity index (χ1n) is 6.32. The molecule has 2 nitrogen and oxygen atoms in total. The molecule has 0 aromatic rings. The molecule has 0 amide bonds. The molecule has 88 valence electrons. The van der Waals surface area contributed by atoms with Gasteiger partial charge in [-0.05, 0) is 38.5 Å². The van der Waals surface area contributed by atoms with Crippen LogP contribution in [0.3, 0.4) is 0 Å². The van der Waals surface area contributed by atoms with Gasteiger partial charge in [0.2, 0.25) is 0 Å². The van der Waals surface area contributed by atoms with Crippen LogP contribution in [0.25, 0.3) is 0 Å². The Balaban J connectivity index is 1.85. The molecular formula is C12H24N2S. The average molecular weight is 228 g/mol. The molecule has 2 aliphatic rings. The van der Waals surface area contributed by atoms with Crippen LogP contribution in [-0.2, 0) is 0 Å². The smallest absolute Gasteiger partial charge is 0.0125 e. The van der Waals surface area contributed by atoms with Crippen LogP contribution in [0.15, 0.2) is 0 Å². The average Bonchev–Trinajstić information content (AvgIpc) is 2.59. The van der Waals surface area contributed by atoms with Crippen molar-refractivity contribution in [2.75, 3.05) is 25.1 Å². The minimum atomic E-state index is 0.831. The largest absolute Gasteiger partial charge is 0.311 e. The standard InChI is InChI=1S/C12H24N2S/c1-3-14(6-7-15-2)12-8-10-4-5-11(9-12)13-10/h10-13H,3-9H2,1-2H3. The molecule has 2 atom stereocenters. The summed E-state index contributed by atoms with van der Waals surface area (Å²) in [7, 11) is 0. The van der Waals surface area contributed by atoms with E-state index in [1.807, 2.05) is 11.8 Å². The van der Waals surface area contributed by atoms with Gasteiger partial charge >= 0.3 is 0 Å². The number of hydrogen-bond acceptors (Lipinski definition) is 3. The lowest BCUT2D eigenvalue weighted by Crippen LogP contribution is -2.48. The van der Waals surface area contributed by atoms with E-state index in [0.717, 1.165) is 18.1 Å². The molecule has 2 unspecified atom stereocenters. The van der Waals surface area contributed by atoms with Gasteiger partial charge in [-0.15, -0.1) is 0 Å². The molecule has 3 heteroatoms. The van der Waals surface area contributed by atoms with Crippen LogP contribution in [0.5, 0.6) is 0 Å². The lowest BCUT2D eigenvalue weighted by Gasteiger charge is -2.37. The summed E-state index contributed by atoms with van der Waals surface area (Å²) >= 11 is 1.97. The molecule has 0 radical (unpaired) electrons. The van der Waals surface area contributed by atoms with Crippen LogP contribution in [0.4, 0.5) is 0 Å². The van der Waals surface area contributed by atoms with Crippen molar-refractivity contribution in [1.29, 1.82) is 0 Å². The third-order valence-electron chi connectivity index (χ3n) is 3.95. The summed E-state index contributed by atoms with van der Waals surface area (Å²) in [4.78, 5) is 2.70. The zero-order chi connectivity index (χ0) is 10.7. The number of thioether (sulfide) groups is 1. The maximum Gasteiger partial charge on any atom is 0.0125 e. The second kappa shape index (κ2) is 5.55. The van der Waals surface area contributed by atoms with Crippen molar-refractivity contribution in [2.24, 2.45) is 0 Å². The Labute approximate surface area is 98.2 Å². The van der Waals surface area contributed by atoms with E-state index in [9.17, 15) is 0 Å². The third kappa shape index (κ3) is 2.89.